The molecule has 2 aromatic carbocycles. The first kappa shape index (κ1) is 11.5. The molecule has 3 nitrogen and oxygen atoms in total. The first-order valence-corrected chi connectivity index (χ1v) is 6.18. The van der Waals surface area contributed by atoms with Crippen molar-refractivity contribution in [3.8, 4) is 0 Å². The normalized spacial score (nSPS) is 14.8. The first-order chi connectivity index (χ1) is 9.25. The summed E-state index contributed by atoms with van der Waals surface area (Å²) in [5.41, 5.74) is 9.57. The summed E-state index contributed by atoms with van der Waals surface area (Å²) < 4.78 is 0. The average molecular weight is 250 g/mol. The van der Waals surface area contributed by atoms with Gasteiger partial charge in [-0.25, -0.2) is 4.79 Å². The Hall–Kier alpha value is -2.55. The van der Waals surface area contributed by atoms with Gasteiger partial charge in [0.25, 0.3) is 0 Å². The molecule has 0 fully saturated rings. The fourth-order valence-electron chi connectivity index (χ4n) is 2.35. The van der Waals surface area contributed by atoms with Gasteiger partial charge in [-0.05, 0) is 22.8 Å². The standard InChI is InChI=1S/C16H14N2O/c17-16(19)18-11-14-7-2-1-5-12(14)9-10-13-6-3-4-8-15(13)18/h1-10H,11H2,(H2,17,19)/b10-9-. The van der Waals surface area contributed by atoms with Crippen LogP contribution in [0.3, 0.4) is 0 Å². The summed E-state index contributed by atoms with van der Waals surface area (Å²) in [6.07, 6.45) is 4.09. The van der Waals surface area contributed by atoms with E-state index in [2.05, 4.69) is 6.08 Å². The lowest BCUT2D eigenvalue weighted by Crippen LogP contribution is -2.36. The molecule has 0 saturated carbocycles. The van der Waals surface area contributed by atoms with Crippen molar-refractivity contribution in [3.63, 3.8) is 0 Å². The van der Waals surface area contributed by atoms with Crippen molar-refractivity contribution < 1.29 is 4.79 Å². The highest BCUT2D eigenvalue weighted by atomic mass is 16.2. The van der Waals surface area contributed by atoms with Gasteiger partial charge in [0, 0.05) is 0 Å². The van der Waals surface area contributed by atoms with Crippen LogP contribution in [-0.2, 0) is 6.54 Å². The summed E-state index contributed by atoms with van der Waals surface area (Å²) >= 11 is 0. The van der Waals surface area contributed by atoms with Gasteiger partial charge in [0.15, 0.2) is 0 Å². The molecule has 0 saturated heterocycles. The lowest BCUT2D eigenvalue weighted by molar-refractivity contribution is 0.253. The summed E-state index contributed by atoms with van der Waals surface area (Å²) in [6, 6.07) is 15.4. The minimum absolute atomic E-state index is 0.433. The number of hydrogen-bond acceptors (Lipinski definition) is 1. The number of carbonyl (C=O) groups is 1. The van der Waals surface area contributed by atoms with E-state index >= 15 is 0 Å². The third kappa shape index (κ3) is 2.10. The number of urea groups is 1. The Balaban J connectivity index is 2.19. The number of benzene rings is 2. The van der Waals surface area contributed by atoms with E-state index in [9.17, 15) is 4.79 Å². The van der Waals surface area contributed by atoms with Crippen LogP contribution in [0, 0.1) is 0 Å². The van der Waals surface area contributed by atoms with Crippen molar-refractivity contribution >= 4 is 23.9 Å². The molecule has 3 rings (SSSR count). The quantitative estimate of drug-likeness (QED) is 0.766. The highest BCUT2D eigenvalue weighted by Gasteiger charge is 2.18. The minimum atomic E-state index is -0.433. The molecule has 1 aliphatic heterocycles. The van der Waals surface area contributed by atoms with Crippen molar-refractivity contribution in [2.24, 2.45) is 5.73 Å². The summed E-state index contributed by atoms with van der Waals surface area (Å²) in [7, 11) is 0. The summed E-state index contributed by atoms with van der Waals surface area (Å²) in [6.45, 7) is 0.493. The Morgan fingerprint density at radius 2 is 1.58 bits per heavy atom. The Morgan fingerprint density at radius 3 is 2.37 bits per heavy atom. The van der Waals surface area contributed by atoms with E-state index < -0.39 is 6.03 Å². The Bertz CT molecular complexity index is 661. The van der Waals surface area contributed by atoms with Crippen molar-refractivity contribution in [2.75, 3.05) is 4.90 Å². The molecule has 0 bridgehead atoms. The van der Waals surface area contributed by atoms with E-state index in [4.69, 9.17) is 5.73 Å². The maximum Gasteiger partial charge on any atom is 0.319 e. The number of hydrogen-bond donors (Lipinski definition) is 1. The molecule has 2 amide bonds. The molecule has 0 radical (unpaired) electrons. The highest BCUT2D eigenvalue weighted by molar-refractivity contribution is 5.95. The van der Waals surface area contributed by atoms with Crippen LogP contribution in [0.25, 0.3) is 12.2 Å². The molecular weight excluding hydrogens is 236 g/mol. The third-order valence-corrected chi connectivity index (χ3v) is 3.32. The van der Waals surface area contributed by atoms with Gasteiger partial charge in [-0.1, -0.05) is 54.6 Å². The lowest BCUT2D eigenvalue weighted by atomic mass is 10.0. The number of nitrogens with zero attached hydrogens (tertiary/aromatic N) is 1. The predicted octanol–water partition coefficient (Wildman–Crippen LogP) is 3.26. The van der Waals surface area contributed by atoms with Gasteiger partial charge in [0.2, 0.25) is 0 Å². The van der Waals surface area contributed by atoms with E-state index in [-0.39, 0.29) is 0 Å². The van der Waals surface area contributed by atoms with E-state index in [1.165, 1.54) is 0 Å². The second-order valence-electron chi connectivity index (χ2n) is 4.52. The van der Waals surface area contributed by atoms with Gasteiger partial charge in [-0.3, -0.25) is 4.90 Å². The zero-order chi connectivity index (χ0) is 13.2. The molecule has 2 N–H and O–H groups in total. The first-order valence-electron chi connectivity index (χ1n) is 6.18. The number of anilines is 1. The molecule has 0 aliphatic carbocycles. The largest absolute Gasteiger partial charge is 0.351 e. The second-order valence-corrected chi connectivity index (χ2v) is 4.52. The zero-order valence-corrected chi connectivity index (χ0v) is 10.4. The molecule has 0 unspecified atom stereocenters. The van der Waals surface area contributed by atoms with Gasteiger partial charge < -0.3 is 5.73 Å². The fourth-order valence-corrected chi connectivity index (χ4v) is 2.35. The number of amides is 2. The number of carbonyl (C=O) groups excluding carboxylic acids is 1. The van der Waals surface area contributed by atoms with Crippen LogP contribution in [0.15, 0.2) is 48.5 Å². The third-order valence-electron chi connectivity index (χ3n) is 3.32. The minimum Gasteiger partial charge on any atom is -0.351 e. The monoisotopic (exact) mass is 250 g/mol. The van der Waals surface area contributed by atoms with Crippen LogP contribution in [0.4, 0.5) is 10.5 Å². The Morgan fingerprint density at radius 1 is 0.947 bits per heavy atom. The highest BCUT2D eigenvalue weighted by Crippen LogP contribution is 2.28. The van der Waals surface area contributed by atoms with Gasteiger partial charge in [0.05, 0.1) is 12.2 Å². The van der Waals surface area contributed by atoms with Gasteiger partial charge in [-0.15, -0.1) is 0 Å². The van der Waals surface area contributed by atoms with E-state index in [0.29, 0.717) is 6.54 Å². The van der Waals surface area contributed by atoms with E-state index in [1.807, 2.05) is 54.6 Å². The topological polar surface area (TPSA) is 46.3 Å². The number of rotatable bonds is 0. The molecule has 19 heavy (non-hydrogen) atoms. The number of nitrogens with two attached hydrogens (primary N) is 1. The summed E-state index contributed by atoms with van der Waals surface area (Å²) in [4.78, 5) is 13.3. The van der Waals surface area contributed by atoms with Gasteiger partial charge in [-0.2, -0.15) is 0 Å². The van der Waals surface area contributed by atoms with Crippen LogP contribution >= 0.6 is 0 Å². The van der Waals surface area contributed by atoms with Crippen molar-refractivity contribution in [3.05, 3.63) is 65.2 Å². The molecule has 1 aliphatic rings. The van der Waals surface area contributed by atoms with E-state index in [1.54, 1.807) is 4.90 Å². The second kappa shape index (κ2) is 4.61. The Labute approximate surface area is 112 Å². The SMILES string of the molecule is NC(=O)N1Cc2ccccc2/C=C\c2ccccc21. The maximum atomic E-state index is 11.7. The van der Waals surface area contributed by atoms with Crippen LogP contribution in [0.1, 0.15) is 16.7 Å². The molecule has 0 aromatic heterocycles. The summed E-state index contributed by atoms with van der Waals surface area (Å²) in [5, 5.41) is 0. The van der Waals surface area contributed by atoms with Crippen LogP contribution in [-0.4, -0.2) is 6.03 Å². The number of para-hydroxylation sites is 1. The molecular formula is C16H14N2O. The van der Waals surface area contributed by atoms with Gasteiger partial charge >= 0.3 is 6.03 Å². The van der Waals surface area contributed by atoms with Gasteiger partial charge in [0.1, 0.15) is 0 Å². The molecule has 1 heterocycles. The Kier molecular flexibility index (Phi) is 2.80. The lowest BCUT2D eigenvalue weighted by Gasteiger charge is -2.25. The average Bonchev–Trinajstić information content (AvgIpc) is 2.41. The molecule has 94 valence electrons. The fraction of sp³-hybridized carbons (Fsp3) is 0.0625. The molecule has 0 atom stereocenters. The van der Waals surface area contributed by atoms with Crippen LogP contribution in [0.2, 0.25) is 0 Å². The number of fused-ring (bicyclic) bond motifs is 2. The van der Waals surface area contributed by atoms with E-state index in [0.717, 1.165) is 22.4 Å². The molecule has 3 heteroatoms. The summed E-state index contributed by atoms with van der Waals surface area (Å²) in [5.74, 6) is 0. The molecule has 2 aromatic rings. The van der Waals surface area contributed by atoms with Crippen molar-refractivity contribution in [1.29, 1.82) is 0 Å². The van der Waals surface area contributed by atoms with Crippen molar-refractivity contribution in [2.45, 2.75) is 6.54 Å². The van der Waals surface area contributed by atoms with Crippen LogP contribution in [0.5, 0.6) is 0 Å². The zero-order valence-electron chi connectivity index (χ0n) is 10.4. The maximum absolute atomic E-state index is 11.7. The molecule has 0 spiro atoms. The smallest absolute Gasteiger partial charge is 0.319 e. The van der Waals surface area contributed by atoms with Crippen molar-refractivity contribution in [1.82, 2.24) is 0 Å². The predicted molar refractivity (Wildman–Crippen MR) is 77.6 cm³/mol. The van der Waals surface area contributed by atoms with Crippen LogP contribution < -0.4 is 10.6 Å². The number of primary amides is 1.